The summed E-state index contributed by atoms with van der Waals surface area (Å²) in [4.78, 5) is 0.493. The average molecular weight is 521 g/mol. The number of hydrogen-bond donors (Lipinski definition) is 2. The van der Waals surface area contributed by atoms with Crippen molar-refractivity contribution >= 4 is 31.4 Å². The van der Waals surface area contributed by atoms with Crippen molar-refractivity contribution in [3.63, 3.8) is 0 Å². The zero-order valence-electron chi connectivity index (χ0n) is 20.5. The van der Waals surface area contributed by atoms with Gasteiger partial charge in [-0.25, -0.2) is 16.8 Å². The van der Waals surface area contributed by atoms with Gasteiger partial charge in [0, 0.05) is 11.4 Å². The molecule has 8 heteroatoms. The lowest BCUT2D eigenvalue weighted by Crippen LogP contribution is -2.14. The van der Waals surface area contributed by atoms with Gasteiger partial charge in [-0.2, -0.15) is 0 Å². The number of aryl methyl sites for hydroxylation is 4. The van der Waals surface area contributed by atoms with E-state index in [1.165, 1.54) is 0 Å². The maximum Gasteiger partial charge on any atom is 0.262 e. The van der Waals surface area contributed by atoms with E-state index in [0.29, 0.717) is 22.5 Å². The lowest BCUT2D eigenvalue weighted by Gasteiger charge is -2.12. The first kappa shape index (κ1) is 25.5. The van der Waals surface area contributed by atoms with E-state index >= 15 is 0 Å². The molecule has 0 aliphatic rings. The molecule has 0 heterocycles. The van der Waals surface area contributed by atoms with E-state index < -0.39 is 20.0 Å². The van der Waals surface area contributed by atoms with E-state index in [0.717, 1.165) is 22.3 Å². The van der Waals surface area contributed by atoms with Gasteiger partial charge in [0.25, 0.3) is 20.0 Å². The van der Waals surface area contributed by atoms with E-state index in [2.05, 4.69) is 9.44 Å². The van der Waals surface area contributed by atoms with Gasteiger partial charge < -0.3 is 0 Å². The monoisotopic (exact) mass is 520 g/mol. The van der Waals surface area contributed by atoms with Gasteiger partial charge in [-0.05, 0) is 86.3 Å². The van der Waals surface area contributed by atoms with Crippen LogP contribution in [0.1, 0.15) is 22.3 Å². The third kappa shape index (κ3) is 5.61. The van der Waals surface area contributed by atoms with Crippen LogP contribution in [0.4, 0.5) is 11.4 Å². The van der Waals surface area contributed by atoms with E-state index in [1.807, 2.05) is 50.2 Å². The summed E-state index contributed by atoms with van der Waals surface area (Å²) in [7, 11) is -7.41. The minimum absolute atomic E-state index is 0.246. The van der Waals surface area contributed by atoms with Crippen molar-refractivity contribution in [1.82, 2.24) is 0 Å². The Bertz CT molecular complexity index is 1500. The topological polar surface area (TPSA) is 92.3 Å². The summed E-state index contributed by atoms with van der Waals surface area (Å²) in [6.07, 6.45) is 0. The Labute approximate surface area is 213 Å². The van der Waals surface area contributed by atoms with Crippen molar-refractivity contribution in [3.8, 4) is 11.1 Å². The van der Waals surface area contributed by atoms with Crippen molar-refractivity contribution < 1.29 is 16.8 Å². The molecule has 0 radical (unpaired) electrons. The molecule has 4 rings (SSSR count). The molecule has 4 aromatic rings. The van der Waals surface area contributed by atoms with E-state index in [1.54, 1.807) is 62.4 Å². The highest BCUT2D eigenvalue weighted by molar-refractivity contribution is 7.93. The van der Waals surface area contributed by atoms with Gasteiger partial charge in [0.1, 0.15) is 0 Å². The van der Waals surface area contributed by atoms with Crippen molar-refractivity contribution in [1.29, 1.82) is 0 Å². The van der Waals surface area contributed by atoms with Crippen LogP contribution in [0.2, 0.25) is 0 Å². The van der Waals surface area contributed by atoms with Gasteiger partial charge in [-0.3, -0.25) is 9.44 Å². The summed E-state index contributed by atoms with van der Waals surface area (Å²) in [5, 5.41) is 0. The van der Waals surface area contributed by atoms with Crippen LogP contribution in [-0.2, 0) is 20.0 Å². The number of rotatable bonds is 7. The Kier molecular flexibility index (Phi) is 6.93. The third-order valence-electron chi connectivity index (χ3n) is 5.85. The van der Waals surface area contributed by atoms with Crippen LogP contribution >= 0.6 is 0 Å². The zero-order valence-corrected chi connectivity index (χ0v) is 22.2. The standard InChI is InChI=1S/C28H28N2O4S2/c1-19-5-15-27(21(3)17-19)35(31,32)29-25-11-7-23(8-12-25)24-9-13-26(14-10-24)30-36(33,34)28-16-6-20(2)18-22(28)4/h5-18,29-30H,1-4H3. The molecule has 0 aliphatic heterocycles. The quantitative estimate of drug-likeness (QED) is 0.304. The summed E-state index contributed by atoms with van der Waals surface area (Å²) < 4.78 is 56.5. The van der Waals surface area contributed by atoms with Gasteiger partial charge >= 0.3 is 0 Å². The molecule has 0 fully saturated rings. The van der Waals surface area contributed by atoms with Crippen molar-refractivity contribution in [2.24, 2.45) is 0 Å². The van der Waals surface area contributed by atoms with Gasteiger partial charge in [-0.15, -0.1) is 0 Å². The van der Waals surface area contributed by atoms with Crippen LogP contribution in [0.15, 0.2) is 94.7 Å². The number of hydrogen-bond acceptors (Lipinski definition) is 4. The lowest BCUT2D eigenvalue weighted by molar-refractivity contribution is 0.599. The third-order valence-corrected chi connectivity index (χ3v) is 8.93. The van der Waals surface area contributed by atoms with E-state index in [4.69, 9.17) is 0 Å². The molecular formula is C28H28N2O4S2. The van der Waals surface area contributed by atoms with E-state index in [-0.39, 0.29) is 9.79 Å². The molecule has 186 valence electrons. The minimum Gasteiger partial charge on any atom is -0.280 e. The lowest BCUT2D eigenvalue weighted by atomic mass is 10.1. The predicted molar refractivity (Wildman–Crippen MR) is 145 cm³/mol. The first-order valence-electron chi connectivity index (χ1n) is 11.4. The highest BCUT2D eigenvalue weighted by Gasteiger charge is 2.18. The Morgan fingerprint density at radius 1 is 0.472 bits per heavy atom. The second-order valence-corrected chi connectivity index (χ2v) is 12.2. The van der Waals surface area contributed by atoms with Crippen molar-refractivity contribution in [2.75, 3.05) is 9.44 Å². The average Bonchev–Trinajstić information content (AvgIpc) is 2.79. The maximum absolute atomic E-state index is 12.8. The summed E-state index contributed by atoms with van der Waals surface area (Å²) in [6.45, 7) is 7.39. The normalized spacial score (nSPS) is 11.8. The van der Waals surface area contributed by atoms with Gasteiger partial charge in [-0.1, -0.05) is 59.7 Å². The van der Waals surface area contributed by atoms with Crippen molar-refractivity contribution in [3.05, 3.63) is 107 Å². The Morgan fingerprint density at radius 3 is 1.11 bits per heavy atom. The molecule has 4 aromatic carbocycles. The number of anilines is 2. The summed E-state index contributed by atoms with van der Waals surface area (Å²) in [5.41, 5.74) is 6.02. The van der Waals surface area contributed by atoms with Crippen LogP contribution in [0, 0.1) is 27.7 Å². The molecule has 0 bridgehead atoms. The molecule has 0 aromatic heterocycles. The Morgan fingerprint density at radius 2 is 0.806 bits per heavy atom. The number of benzene rings is 4. The molecule has 6 nitrogen and oxygen atoms in total. The molecule has 0 spiro atoms. The molecule has 0 amide bonds. The summed E-state index contributed by atoms with van der Waals surface area (Å²) in [6, 6.07) is 24.5. The first-order valence-corrected chi connectivity index (χ1v) is 14.3. The highest BCUT2D eigenvalue weighted by atomic mass is 32.2. The first-order chi connectivity index (χ1) is 16.9. The minimum atomic E-state index is -3.70. The fourth-order valence-electron chi connectivity index (χ4n) is 4.08. The SMILES string of the molecule is Cc1ccc(S(=O)(=O)Nc2ccc(-c3ccc(NS(=O)(=O)c4ccc(C)cc4C)cc3)cc2)c(C)c1. The van der Waals surface area contributed by atoms with Crippen molar-refractivity contribution in [2.45, 2.75) is 37.5 Å². The Hall–Kier alpha value is -3.62. The summed E-state index contributed by atoms with van der Waals surface area (Å²) in [5.74, 6) is 0. The number of sulfonamides is 2. The largest absolute Gasteiger partial charge is 0.280 e. The molecule has 2 N–H and O–H groups in total. The van der Waals surface area contributed by atoms with E-state index in [9.17, 15) is 16.8 Å². The smallest absolute Gasteiger partial charge is 0.262 e. The molecule has 0 aliphatic carbocycles. The molecule has 0 atom stereocenters. The van der Waals surface area contributed by atoms with Crippen LogP contribution in [0.25, 0.3) is 11.1 Å². The molecule has 0 saturated carbocycles. The molecule has 0 unspecified atom stereocenters. The van der Waals surface area contributed by atoms with Crippen LogP contribution in [0.5, 0.6) is 0 Å². The highest BCUT2D eigenvalue weighted by Crippen LogP contribution is 2.27. The molecular weight excluding hydrogens is 492 g/mol. The van der Waals surface area contributed by atoms with Gasteiger partial charge in [0.05, 0.1) is 9.79 Å². The van der Waals surface area contributed by atoms with Crippen LogP contribution < -0.4 is 9.44 Å². The fourth-order valence-corrected chi connectivity index (χ4v) is 6.66. The Balaban J connectivity index is 1.48. The summed E-state index contributed by atoms with van der Waals surface area (Å²) >= 11 is 0. The number of nitrogens with one attached hydrogen (secondary N) is 2. The van der Waals surface area contributed by atoms with Crippen LogP contribution in [0.3, 0.4) is 0 Å². The van der Waals surface area contributed by atoms with Gasteiger partial charge in [0.2, 0.25) is 0 Å². The zero-order chi connectivity index (χ0) is 26.1. The van der Waals surface area contributed by atoms with Crippen LogP contribution in [-0.4, -0.2) is 16.8 Å². The predicted octanol–water partition coefficient (Wildman–Crippen LogP) is 6.19. The van der Waals surface area contributed by atoms with Gasteiger partial charge in [0.15, 0.2) is 0 Å². The second-order valence-electron chi connectivity index (χ2n) is 8.90. The molecule has 36 heavy (non-hydrogen) atoms. The fraction of sp³-hybridized carbons (Fsp3) is 0.143. The molecule has 0 saturated heterocycles. The maximum atomic E-state index is 12.8. The second kappa shape index (κ2) is 9.79.